The van der Waals surface area contributed by atoms with E-state index in [-0.39, 0.29) is 18.2 Å². The second kappa shape index (κ2) is 12.8. The van der Waals surface area contributed by atoms with Crippen LogP contribution in [-0.4, -0.2) is 47.5 Å². The predicted octanol–water partition coefficient (Wildman–Crippen LogP) is 2.59. The Hall–Kier alpha value is -2.67. The maximum Gasteiger partial charge on any atom is 0.244 e. The van der Waals surface area contributed by atoms with Crippen molar-refractivity contribution in [3.05, 3.63) is 48.0 Å². The summed E-state index contributed by atoms with van der Waals surface area (Å²) in [7, 11) is 1.76. The van der Waals surface area contributed by atoms with Gasteiger partial charge in [0.05, 0.1) is 0 Å². The molecule has 3 amide bonds. The number of hydrogen-bond acceptors (Lipinski definition) is 4. The number of carbonyl (C=O) groups excluding carboxylic acids is 3. The monoisotopic (exact) mass is 415 g/mol. The minimum atomic E-state index is -0.652. The van der Waals surface area contributed by atoms with Crippen LogP contribution in [0.5, 0.6) is 0 Å². The SMILES string of the molecule is CN1CCCC=CCCCC(CC(=O)NO)C(=O)NC(CCc2ccccc2)C1=O. The Labute approximate surface area is 178 Å². The van der Waals surface area contributed by atoms with Crippen molar-refractivity contribution in [1.29, 1.82) is 0 Å². The van der Waals surface area contributed by atoms with Crippen molar-refractivity contribution < 1.29 is 19.6 Å². The molecule has 7 nitrogen and oxygen atoms in total. The van der Waals surface area contributed by atoms with E-state index in [1.165, 1.54) is 0 Å². The Morgan fingerprint density at radius 2 is 1.87 bits per heavy atom. The normalized spacial score (nSPS) is 21.6. The molecule has 1 aliphatic rings. The van der Waals surface area contributed by atoms with Crippen molar-refractivity contribution in [2.24, 2.45) is 5.92 Å². The summed E-state index contributed by atoms with van der Waals surface area (Å²) in [6.45, 7) is 0.622. The number of likely N-dealkylation sites (N-methyl/N-ethyl adjacent to an activating group) is 1. The molecule has 164 valence electrons. The topological polar surface area (TPSA) is 98.7 Å². The fourth-order valence-corrected chi connectivity index (χ4v) is 3.64. The Bertz CT molecular complexity index is 720. The second-order valence-corrected chi connectivity index (χ2v) is 7.83. The van der Waals surface area contributed by atoms with Gasteiger partial charge in [0.2, 0.25) is 17.7 Å². The summed E-state index contributed by atoms with van der Waals surface area (Å²) in [6, 6.07) is 9.19. The van der Waals surface area contributed by atoms with E-state index >= 15 is 0 Å². The van der Waals surface area contributed by atoms with Gasteiger partial charge in [-0.15, -0.1) is 0 Å². The van der Waals surface area contributed by atoms with Gasteiger partial charge in [-0.25, -0.2) is 5.48 Å². The number of nitrogens with zero attached hydrogens (tertiary/aromatic N) is 1. The predicted molar refractivity (Wildman–Crippen MR) is 115 cm³/mol. The van der Waals surface area contributed by atoms with E-state index in [4.69, 9.17) is 5.21 Å². The highest BCUT2D eigenvalue weighted by atomic mass is 16.5. The summed E-state index contributed by atoms with van der Waals surface area (Å²) in [4.78, 5) is 39.3. The molecule has 2 rings (SSSR count). The molecule has 1 aromatic rings. The molecule has 0 spiro atoms. The van der Waals surface area contributed by atoms with Crippen LogP contribution in [0.15, 0.2) is 42.5 Å². The summed E-state index contributed by atoms with van der Waals surface area (Å²) in [6.07, 6.45) is 9.09. The lowest BCUT2D eigenvalue weighted by molar-refractivity contribution is -0.138. The zero-order valence-electron chi connectivity index (χ0n) is 17.7. The van der Waals surface area contributed by atoms with Crippen LogP contribution in [0.2, 0.25) is 0 Å². The molecule has 0 fully saturated rings. The number of aryl methyl sites for hydroxylation is 1. The van der Waals surface area contributed by atoms with Crippen molar-refractivity contribution in [1.82, 2.24) is 15.7 Å². The number of amides is 3. The van der Waals surface area contributed by atoms with Crippen molar-refractivity contribution >= 4 is 17.7 Å². The van der Waals surface area contributed by atoms with Gasteiger partial charge in [-0.3, -0.25) is 19.6 Å². The third-order valence-corrected chi connectivity index (χ3v) is 5.44. The molecular weight excluding hydrogens is 382 g/mol. The molecular formula is C23H33N3O4. The van der Waals surface area contributed by atoms with Crippen LogP contribution in [0.1, 0.15) is 50.5 Å². The van der Waals surface area contributed by atoms with Crippen LogP contribution >= 0.6 is 0 Å². The molecule has 1 aromatic carbocycles. The minimum absolute atomic E-state index is 0.110. The van der Waals surface area contributed by atoms with E-state index in [1.54, 1.807) is 17.4 Å². The number of nitrogens with one attached hydrogen (secondary N) is 2. The van der Waals surface area contributed by atoms with Gasteiger partial charge in [-0.1, -0.05) is 42.5 Å². The van der Waals surface area contributed by atoms with Gasteiger partial charge in [0.25, 0.3) is 0 Å². The van der Waals surface area contributed by atoms with E-state index in [1.807, 2.05) is 30.3 Å². The summed E-state index contributed by atoms with van der Waals surface area (Å²) >= 11 is 0. The van der Waals surface area contributed by atoms with Gasteiger partial charge in [-0.05, 0) is 50.5 Å². The third kappa shape index (κ3) is 7.99. The number of carbonyl (C=O) groups is 3. The molecule has 2 unspecified atom stereocenters. The zero-order valence-corrected chi connectivity index (χ0v) is 17.7. The van der Waals surface area contributed by atoms with Crippen LogP contribution in [0.25, 0.3) is 0 Å². The van der Waals surface area contributed by atoms with E-state index in [2.05, 4.69) is 17.5 Å². The average Bonchev–Trinajstić information content (AvgIpc) is 2.76. The van der Waals surface area contributed by atoms with Gasteiger partial charge in [0.1, 0.15) is 6.04 Å². The maximum absolute atomic E-state index is 13.0. The van der Waals surface area contributed by atoms with Gasteiger partial charge in [-0.2, -0.15) is 0 Å². The fourth-order valence-electron chi connectivity index (χ4n) is 3.64. The average molecular weight is 416 g/mol. The molecule has 7 heteroatoms. The Morgan fingerprint density at radius 3 is 2.57 bits per heavy atom. The summed E-state index contributed by atoms with van der Waals surface area (Å²) in [5.41, 5.74) is 2.70. The summed E-state index contributed by atoms with van der Waals surface area (Å²) < 4.78 is 0. The molecule has 3 N–H and O–H groups in total. The van der Waals surface area contributed by atoms with Gasteiger partial charge >= 0.3 is 0 Å². The van der Waals surface area contributed by atoms with E-state index in [0.717, 1.165) is 31.2 Å². The molecule has 0 aliphatic carbocycles. The van der Waals surface area contributed by atoms with E-state index in [0.29, 0.717) is 25.8 Å². The van der Waals surface area contributed by atoms with Gasteiger partial charge in [0.15, 0.2) is 0 Å². The van der Waals surface area contributed by atoms with Crippen molar-refractivity contribution in [2.75, 3.05) is 13.6 Å². The summed E-state index contributed by atoms with van der Waals surface area (Å²) in [5.74, 6) is -1.63. The van der Waals surface area contributed by atoms with Crippen molar-refractivity contribution in [3.63, 3.8) is 0 Å². The van der Waals surface area contributed by atoms with Crippen LogP contribution in [0.3, 0.4) is 0 Å². The van der Waals surface area contributed by atoms with Crippen LogP contribution in [0.4, 0.5) is 0 Å². The fraction of sp³-hybridized carbons (Fsp3) is 0.522. The Morgan fingerprint density at radius 1 is 1.17 bits per heavy atom. The first-order chi connectivity index (χ1) is 14.5. The molecule has 0 bridgehead atoms. The standard InChI is InChI=1S/C23H33N3O4/c1-26-16-10-5-3-2-4-9-13-19(17-21(27)25-30)22(28)24-20(23(26)29)15-14-18-11-7-6-8-12-18/h2-3,6-8,11-12,19-20,30H,4-5,9-10,13-17H2,1H3,(H,24,28)(H,25,27). The lowest BCUT2D eigenvalue weighted by atomic mass is 9.95. The zero-order chi connectivity index (χ0) is 21.8. The van der Waals surface area contributed by atoms with Crippen molar-refractivity contribution in [3.8, 4) is 0 Å². The molecule has 1 heterocycles. The first-order valence-electron chi connectivity index (χ1n) is 10.7. The minimum Gasteiger partial charge on any atom is -0.344 e. The highest BCUT2D eigenvalue weighted by Crippen LogP contribution is 2.16. The van der Waals surface area contributed by atoms with Crippen molar-refractivity contribution in [2.45, 2.75) is 57.4 Å². The van der Waals surface area contributed by atoms with Gasteiger partial charge < -0.3 is 10.2 Å². The van der Waals surface area contributed by atoms with E-state index in [9.17, 15) is 14.4 Å². The first kappa shape index (κ1) is 23.6. The second-order valence-electron chi connectivity index (χ2n) is 7.83. The number of hydrogen-bond donors (Lipinski definition) is 3. The van der Waals surface area contributed by atoms with Crippen LogP contribution < -0.4 is 10.8 Å². The Balaban J connectivity index is 2.16. The lowest BCUT2D eigenvalue weighted by Gasteiger charge is -2.26. The highest BCUT2D eigenvalue weighted by Gasteiger charge is 2.28. The van der Waals surface area contributed by atoms with Gasteiger partial charge in [0, 0.05) is 25.9 Å². The molecule has 0 saturated carbocycles. The molecule has 2 atom stereocenters. The Kier molecular flexibility index (Phi) is 10.1. The molecule has 30 heavy (non-hydrogen) atoms. The van der Waals surface area contributed by atoms with Crippen LogP contribution in [-0.2, 0) is 20.8 Å². The first-order valence-corrected chi connectivity index (χ1v) is 10.7. The third-order valence-electron chi connectivity index (χ3n) is 5.44. The summed E-state index contributed by atoms with van der Waals surface area (Å²) in [5, 5.41) is 11.8. The maximum atomic E-state index is 13.0. The molecule has 0 saturated heterocycles. The number of rotatable bonds is 5. The highest BCUT2D eigenvalue weighted by molar-refractivity contribution is 5.90. The number of allylic oxidation sites excluding steroid dienone is 2. The lowest BCUT2D eigenvalue weighted by Crippen LogP contribution is -2.49. The number of hydroxylamine groups is 1. The largest absolute Gasteiger partial charge is 0.344 e. The quantitative estimate of drug-likeness (QED) is 0.391. The smallest absolute Gasteiger partial charge is 0.244 e. The molecule has 1 aliphatic heterocycles. The number of benzene rings is 1. The molecule has 0 aromatic heterocycles. The van der Waals surface area contributed by atoms with Crippen LogP contribution in [0, 0.1) is 5.92 Å². The molecule has 0 radical (unpaired) electrons. The van der Waals surface area contributed by atoms with E-state index < -0.39 is 17.9 Å².